The summed E-state index contributed by atoms with van der Waals surface area (Å²) in [4.78, 5) is 11.1. The second kappa shape index (κ2) is 13.4. The molecule has 0 aromatic heterocycles. The van der Waals surface area contributed by atoms with Gasteiger partial charge in [0.1, 0.15) is 0 Å². The van der Waals surface area contributed by atoms with Crippen molar-refractivity contribution < 1.29 is 23.7 Å². The highest BCUT2D eigenvalue weighted by molar-refractivity contribution is 5.69. The lowest BCUT2D eigenvalue weighted by Crippen LogP contribution is -2.10. The molecule has 0 atom stereocenters. The molecule has 0 saturated carbocycles. The molecule has 0 bridgehead atoms. The Hall–Kier alpha value is -0.650. The van der Waals surface area contributed by atoms with Crippen molar-refractivity contribution in [1.82, 2.24) is 0 Å². The fraction of sp³-hybridized carbons (Fsp3) is 0.917. The largest absolute Gasteiger partial charge is 0.466 e. The van der Waals surface area contributed by atoms with Gasteiger partial charge in [0.05, 0.1) is 33.0 Å². The van der Waals surface area contributed by atoms with Gasteiger partial charge in [-0.2, -0.15) is 0 Å². The number of carbonyl (C=O) groups is 1. The van der Waals surface area contributed by atoms with Gasteiger partial charge in [-0.1, -0.05) is 6.92 Å². The van der Waals surface area contributed by atoms with Crippen molar-refractivity contribution in [3.05, 3.63) is 0 Å². The van der Waals surface area contributed by atoms with E-state index < -0.39 is 0 Å². The molecule has 0 aliphatic rings. The summed E-state index contributed by atoms with van der Waals surface area (Å²) in [5.41, 5.74) is 0. The standard InChI is InChI=1S/C12H24O5/c1-3-6-17-12(13)5-4-7-15-10-11-16-9-8-14-2/h3-11H2,1-2H3. The summed E-state index contributed by atoms with van der Waals surface area (Å²) in [6.45, 7) is 5.34. The van der Waals surface area contributed by atoms with Crippen LogP contribution < -0.4 is 0 Å². The predicted molar refractivity (Wildman–Crippen MR) is 64.0 cm³/mol. The van der Waals surface area contributed by atoms with Gasteiger partial charge in [-0.3, -0.25) is 4.79 Å². The zero-order chi connectivity index (χ0) is 12.8. The highest BCUT2D eigenvalue weighted by atomic mass is 16.5. The molecule has 0 heterocycles. The third kappa shape index (κ3) is 13.3. The Bertz CT molecular complexity index is 172. The van der Waals surface area contributed by atoms with E-state index in [1.165, 1.54) is 0 Å². The molecule has 0 aliphatic carbocycles. The number of hydrogen-bond donors (Lipinski definition) is 0. The van der Waals surface area contributed by atoms with E-state index in [-0.39, 0.29) is 5.97 Å². The average molecular weight is 248 g/mol. The number of esters is 1. The minimum Gasteiger partial charge on any atom is -0.466 e. The molecule has 0 unspecified atom stereocenters. The van der Waals surface area contributed by atoms with Crippen molar-refractivity contribution in [2.75, 3.05) is 46.8 Å². The molecule has 0 aromatic carbocycles. The number of hydrogen-bond acceptors (Lipinski definition) is 5. The molecule has 0 spiro atoms. The maximum absolute atomic E-state index is 11.1. The van der Waals surface area contributed by atoms with Crippen LogP contribution in [0.4, 0.5) is 0 Å². The van der Waals surface area contributed by atoms with Crippen LogP contribution in [-0.4, -0.2) is 52.7 Å². The van der Waals surface area contributed by atoms with Crippen molar-refractivity contribution in [2.45, 2.75) is 26.2 Å². The number of carbonyl (C=O) groups excluding carboxylic acids is 1. The van der Waals surface area contributed by atoms with Crippen LogP contribution in [0.25, 0.3) is 0 Å². The Morgan fingerprint density at radius 3 is 2.24 bits per heavy atom. The van der Waals surface area contributed by atoms with Gasteiger partial charge in [0.2, 0.25) is 0 Å². The zero-order valence-corrected chi connectivity index (χ0v) is 10.9. The molecule has 0 aliphatic heterocycles. The molecule has 5 nitrogen and oxygen atoms in total. The fourth-order valence-electron chi connectivity index (χ4n) is 1.07. The van der Waals surface area contributed by atoms with Crippen LogP contribution in [-0.2, 0) is 23.7 Å². The Morgan fingerprint density at radius 1 is 0.941 bits per heavy atom. The molecule has 0 saturated heterocycles. The van der Waals surface area contributed by atoms with Gasteiger partial charge in [0, 0.05) is 20.1 Å². The molecule has 0 radical (unpaired) electrons. The highest BCUT2D eigenvalue weighted by Crippen LogP contribution is 1.94. The van der Waals surface area contributed by atoms with Crippen LogP contribution in [0.1, 0.15) is 26.2 Å². The SMILES string of the molecule is CCCOC(=O)CCCOCCOCCOC. The molecule has 17 heavy (non-hydrogen) atoms. The summed E-state index contributed by atoms with van der Waals surface area (Å²) >= 11 is 0. The molecule has 0 N–H and O–H groups in total. The summed E-state index contributed by atoms with van der Waals surface area (Å²) in [6, 6.07) is 0. The first-order chi connectivity index (χ1) is 8.31. The maximum Gasteiger partial charge on any atom is 0.305 e. The molecule has 102 valence electrons. The number of ether oxygens (including phenoxy) is 4. The van der Waals surface area contributed by atoms with Gasteiger partial charge in [-0.05, 0) is 12.8 Å². The first kappa shape index (κ1) is 16.4. The van der Waals surface area contributed by atoms with E-state index in [9.17, 15) is 4.79 Å². The minimum absolute atomic E-state index is 0.146. The van der Waals surface area contributed by atoms with E-state index >= 15 is 0 Å². The van der Waals surface area contributed by atoms with Crippen molar-refractivity contribution in [3.63, 3.8) is 0 Å². The van der Waals surface area contributed by atoms with Gasteiger partial charge in [-0.25, -0.2) is 0 Å². The second-order valence-electron chi connectivity index (χ2n) is 3.54. The Morgan fingerprint density at radius 2 is 1.59 bits per heavy atom. The van der Waals surface area contributed by atoms with Gasteiger partial charge >= 0.3 is 5.97 Å². The van der Waals surface area contributed by atoms with E-state index in [0.29, 0.717) is 52.5 Å². The van der Waals surface area contributed by atoms with Crippen LogP contribution in [0.5, 0.6) is 0 Å². The smallest absolute Gasteiger partial charge is 0.305 e. The molecule has 0 rings (SSSR count). The summed E-state index contributed by atoms with van der Waals surface area (Å²) in [6.07, 6.45) is 1.98. The first-order valence-electron chi connectivity index (χ1n) is 6.11. The third-order valence-electron chi connectivity index (χ3n) is 1.94. The van der Waals surface area contributed by atoms with E-state index in [2.05, 4.69) is 0 Å². The monoisotopic (exact) mass is 248 g/mol. The van der Waals surface area contributed by atoms with Crippen LogP contribution in [0.2, 0.25) is 0 Å². The topological polar surface area (TPSA) is 54.0 Å². The Balaban J connectivity index is 3.05. The number of methoxy groups -OCH3 is 1. The minimum atomic E-state index is -0.146. The molecular formula is C12H24O5. The summed E-state index contributed by atoms with van der Waals surface area (Å²) < 4.78 is 20.3. The van der Waals surface area contributed by atoms with Crippen molar-refractivity contribution in [2.24, 2.45) is 0 Å². The third-order valence-corrected chi connectivity index (χ3v) is 1.94. The molecular weight excluding hydrogens is 224 g/mol. The normalized spacial score (nSPS) is 10.5. The van der Waals surface area contributed by atoms with Gasteiger partial charge in [0.25, 0.3) is 0 Å². The highest BCUT2D eigenvalue weighted by Gasteiger charge is 2.01. The molecule has 0 aromatic rings. The zero-order valence-electron chi connectivity index (χ0n) is 10.9. The number of rotatable bonds is 12. The van der Waals surface area contributed by atoms with Crippen molar-refractivity contribution >= 4 is 5.97 Å². The molecule has 0 fully saturated rings. The Labute approximate surface area is 103 Å². The Kier molecular flexibility index (Phi) is 12.9. The average Bonchev–Trinajstić information content (AvgIpc) is 2.34. The van der Waals surface area contributed by atoms with E-state index in [4.69, 9.17) is 18.9 Å². The van der Waals surface area contributed by atoms with Crippen LogP contribution in [0, 0.1) is 0 Å². The van der Waals surface area contributed by atoms with Crippen LogP contribution in [0.3, 0.4) is 0 Å². The lowest BCUT2D eigenvalue weighted by Gasteiger charge is -2.05. The first-order valence-corrected chi connectivity index (χ1v) is 6.11. The fourth-order valence-corrected chi connectivity index (χ4v) is 1.07. The van der Waals surface area contributed by atoms with E-state index in [0.717, 1.165) is 6.42 Å². The van der Waals surface area contributed by atoms with Crippen LogP contribution in [0.15, 0.2) is 0 Å². The summed E-state index contributed by atoms with van der Waals surface area (Å²) in [5, 5.41) is 0. The van der Waals surface area contributed by atoms with Gasteiger partial charge in [0.15, 0.2) is 0 Å². The van der Waals surface area contributed by atoms with Gasteiger partial charge in [-0.15, -0.1) is 0 Å². The quantitative estimate of drug-likeness (QED) is 0.386. The molecule has 0 amide bonds. The lowest BCUT2D eigenvalue weighted by atomic mass is 10.3. The van der Waals surface area contributed by atoms with E-state index in [1.54, 1.807) is 7.11 Å². The van der Waals surface area contributed by atoms with Crippen molar-refractivity contribution in [3.8, 4) is 0 Å². The molecule has 5 heteroatoms. The van der Waals surface area contributed by atoms with Crippen molar-refractivity contribution in [1.29, 1.82) is 0 Å². The summed E-state index contributed by atoms with van der Waals surface area (Å²) in [7, 11) is 1.64. The van der Waals surface area contributed by atoms with E-state index in [1.807, 2.05) is 6.92 Å². The predicted octanol–water partition coefficient (Wildman–Crippen LogP) is 1.40. The lowest BCUT2D eigenvalue weighted by molar-refractivity contribution is -0.144. The second-order valence-corrected chi connectivity index (χ2v) is 3.54. The van der Waals surface area contributed by atoms with Crippen LogP contribution >= 0.6 is 0 Å². The van der Waals surface area contributed by atoms with Gasteiger partial charge < -0.3 is 18.9 Å². The maximum atomic E-state index is 11.1. The summed E-state index contributed by atoms with van der Waals surface area (Å²) in [5.74, 6) is -0.146.